The summed E-state index contributed by atoms with van der Waals surface area (Å²) < 4.78 is 3.09. The molecule has 1 heterocycles. The van der Waals surface area contributed by atoms with E-state index in [-0.39, 0.29) is 0 Å². The molecule has 0 atom stereocenters. The minimum Gasteiger partial charge on any atom is -0.312 e. The molecule has 0 saturated carbocycles. The fraction of sp³-hybridized carbons (Fsp3) is 0.357. The fourth-order valence-corrected chi connectivity index (χ4v) is 2.16. The van der Waals surface area contributed by atoms with Crippen molar-refractivity contribution in [2.45, 2.75) is 19.9 Å². The first-order valence-corrected chi connectivity index (χ1v) is 6.89. The molecule has 0 bridgehead atoms. The highest BCUT2D eigenvalue weighted by atomic mass is 79.9. The Hall–Kier alpha value is -1.13. The number of hydrogen-bond donors (Lipinski definition) is 1. The van der Waals surface area contributed by atoms with Crippen LogP contribution in [0.1, 0.15) is 16.8 Å². The van der Waals surface area contributed by atoms with Crippen molar-refractivity contribution in [1.29, 1.82) is 0 Å². The van der Waals surface area contributed by atoms with Gasteiger partial charge in [-0.2, -0.15) is 5.10 Å². The number of halogens is 1. The molecule has 18 heavy (non-hydrogen) atoms. The summed E-state index contributed by atoms with van der Waals surface area (Å²) >= 11 is 3.52. The smallest absolute Gasteiger partial charge is 0.0492 e. The number of aryl methyl sites for hydroxylation is 2. The zero-order chi connectivity index (χ0) is 13.0. The van der Waals surface area contributed by atoms with Gasteiger partial charge in [-0.05, 0) is 30.2 Å². The molecule has 2 aromatic rings. The lowest BCUT2D eigenvalue weighted by molar-refractivity contribution is 0.643. The number of benzene rings is 1. The molecule has 96 valence electrons. The molecule has 0 aliphatic rings. The maximum Gasteiger partial charge on any atom is 0.0492 e. The molecule has 1 aromatic heterocycles. The van der Waals surface area contributed by atoms with Gasteiger partial charge >= 0.3 is 0 Å². The van der Waals surface area contributed by atoms with E-state index in [1.807, 2.05) is 17.9 Å². The van der Waals surface area contributed by atoms with Crippen molar-refractivity contribution in [2.75, 3.05) is 6.54 Å². The second-order valence-corrected chi connectivity index (χ2v) is 5.31. The predicted molar refractivity (Wildman–Crippen MR) is 77.5 cm³/mol. The SMILES string of the molecule is Cc1cc(CNCCc2ccnn2C)ccc1Br. The minimum absolute atomic E-state index is 0.909. The Labute approximate surface area is 116 Å². The van der Waals surface area contributed by atoms with Crippen LogP contribution in [0.4, 0.5) is 0 Å². The summed E-state index contributed by atoms with van der Waals surface area (Å²) in [4.78, 5) is 0. The lowest BCUT2D eigenvalue weighted by Gasteiger charge is -2.07. The maximum atomic E-state index is 4.16. The van der Waals surface area contributed by atoms with E-state index in [4.69, 9.17) is 0 Å². The van der Waals surface area contributed by atoms with Gasteiger partial charge in [-0.25, -0.2) is 0 Å². The first-order valence-electron chi connectivity index (χ1n) is 6.09. The van der Waals surface area contributed by atoms with E-state index in [0.717, 1.165) is 19.5 Å². The lowest BCUT2D eigenvalue weighted by atomic mass is 10.1. The summed E-state index contributed by atoms with van der Waals surface area (Å²) in [5.74, 6) is 0. The second-order valence-electron chi connectivity index (χ2n) is 4.46. The van der Waals surface area contributed by atoms with Gasteiger partial charge in [0.1, 0.15) is 0 Å². The van der Waals surface area contributed by atoms with Gasteiger partial charge < -0.3 is 5.32 Å². The highest BCUT2D eigenvalue weighted by molar-refractivity contribution is 9.10. The molecule has 0 fully saturated rings. The zero-order valence-electron chi connectivity index (χ0n) is 10.8. The van der Waals surface area contributed by atoms with Crippen LogP contribution in [0.3, 0.4) is 0 Å². The highest BCUT2D eigenvalue weighted by Crippen LogP contribution is 2.16. The highest BCUT2D eigenvalue weighted by Gasteiger charge is 1.99. The molecule has 0 amide bonds. The monoisotopic (exact) mass is 307 g/mol. The summed E-state index contributed by atoms with van der Waals surface area (Å²) in [7, 11) is 1.98. The Morgan fingerprint density at radius 1 is 1.33 bits per heavy atom. The van der Waals surface area contributed by atoms with E-state index < -0.39 is 0 Å². The summed E-state index contributed by atoms with van der Waals surface area (Å²) in [6.07, 6.45) is 2.85. The molecule has 0 spiro atoms. The Bertz CT molecular complexity index is 520. The Balaban J connectivity index is 1.78. The van der Waals surface area contributed by atoms with E-state index in [9.17, 15) is 0 Å². The van der Waals surface area contributed by atoms with E-state index >= 15 is 0 Å². The van der Waals surface area contributed by atoms with Crippen LogP contribution in [-0.4, -0.2) is 16.3 Å². The predicted octanol–water partition coefficient (Wildman–Crippen LogP) is 2.82. The Kier molecular flexibility index (Phi) is 4.55. The molecule has 2 rings (SSSR count). The third-order valence-corrected chi connectivity index (χ3v) is 3.92. The summed E-state index contributed by atoms with van der Waals surface area (Å²) in [6.45, 7) is 3.99. The van der Waals surface area contributed by atoms with E-state index in [1.54, 1.807) is 0 Å². The largest absolute Gasteiger partial charge is 0.312 e. The first-order chi connectivity index (χ1) is 8.66. The van der Waals surface area contributed by atoms with Crippen molar-refractivity contribution in [3.05, 3.63) is 51.8 Å². The standard InChI is InChI=1S/C14H18BrN3/c1-11-9-12(3-4-14(11)15)10-16-7-5-13-6-8-17-18(13)2/h3-4,6,8-9,16H,5,7,10H2,1-2H3. The van der Waals surface area contributed by atoms with Crippen molar-refractivity contribution in [1.82, 2.24) is 15.1 Å². The second kappa shape index (κ2) is 6.16. The molecular formula is C14H18BrN3. The van der Waals surface area contributed by atoms with Crippen LogP contribution in [0.5, 0.6) is 0 Å². The van der Waals surface area contributed by atoms with Crippen LogP contribution >= 0.6 is 15.9 Å². The summed E-state index contributed by atoms with van der Waals surface area (Å²) in [6, 6.07) is 8.52. The van der Waals surface area contributed by atoms with Crippen molar-refractivity contribution in [2.24, 2.45) is 7.05 Å². The van der Waals surface area contributed by atoms with Gasteiger partial charge in [0, 0.05) is 42.9 Å². The first kappa shape index (κ1) is 13.3. The molecule has 4 heteroatoms. The average molecular weight is 308 g/mol. The Morgan fingerprint density at radius 3 is 2.83 bits per heavy atom. The number of aromatic nitrogens is 2. The third kappa shape index (κ3) is 3.43. The van der Waals surface area contributed by atoms with Crippen LogP contribution in [-0.2, 0) is 20.0 Å². The van der Waals surface area contributed by atoms with E-state index in [2.05, 4.69) is 57.5 Å². The molecule has 1 N–H and O–H groups in total. The molecule has 0 aliphatic carbocycles. The minimum atomic E-state index is 0.909. The van der Waals surface area contributed by atoms with Crippen LogP contribution in [0.2, 0.25) is 0 Å². The van der Waals surface area contributed by atoms with Crippen molar-refractivity contribution in [3.63, 3.8) is 0 Å². The topological polar surface area (TPSA) is 29.9 Å². The van der Waals surface area contributed by atoms with Gasteiger partial charge in [0.25, 0.3) is 0 Å². The van der Waals surface area contributed by atoms with Gasteiger partial charge in [-0.1, -0.05) is 28.1 Å². The molecule has 0 radical (unpaired) electrons. The number of nitrogens with one attached hydrogen (secondary N) is 1. The summed E-state index contributed by atoms with van der Waals surface area (Å²) in [5.41, 5.74) is 3.86. The molecular weight excluding hydrogens is 290 g/mol. The Morgan fingerprint density at radius 2 is 2.17 bits per heavy atom. The fourth-order valence-electron chi connectivity index (χ4n) is 1.91. The van der Waals surface area contributed by atoms with Crippen molar-refractivity contribution in [3.8, 4) is 0 Å². The summed E-state index contributed by atoms with van der Waals surface area (Å²) in [5, 5.41) is 7.62. The number of rotatable bonds is 5. The van der Waals surface area contributed by atoms with Gasteiger partial charge in [0.2, 0.25) is 0 Å². The third-order valence-electron chi connectivity index (χ3n) is 3.03. The van der Waals surface area contributed by atoms with Crippen LogP contribution in [0, 0.1) is 6.92 Å². The zero-order valence-corrected chi connectivity index (χ0v) is 12.4. The van der Waals surface area contributed by atoms with E-state index in [0.29, 0.717) is 0 Å². The van der Waals surface area contributed by atoms with Crippen molar-refractivity contribution < 1.29 is 0 Å². The van der Waals surface area contributed by atoms with Crippen LogP contribution < -0.4 is 5.32 Å². The number of nitrogens with zero attached hydrogens (tertiary/aromatic N) is 2. The maximum absolute atomic E-state index is 4.16. The average Bonchev–Trinajstić information content (AvgIpc) is 2.75. The molecule has 0 unspecified atom stereocenters. The molecule has 0 saturated heterocycles. The lowest BCUT2D eigenvalue weighted by Crippen LogP contribution is -2.17. The van der Waals surface area contributed by atoms with Crippen LogP contribution in [0.15, 0.2) is 34.9 Å². The van der Waals surface area contributed by atoms with Gasteiger partial charge in [0.05, 0.1) is 0 Å². The normalized spacial score (nSPS) is 10.8. The van der Waals surface area contributed by atoms with Crippen LogP contribution in [0.25, 0.3) is 0 Å². The van der Waals surface area contributed by atoms with Gasteiger partial charge in [-0.3, -0.25) is 4.68 Å². The molecule has 3 nitrogen and oxygen atoms in total. The molecule has 0 aliphatic heterocycles. The van der Waals surface area contributed by atoms with E-state index in [1.165, 1.54) is 21.3 Å². The number of hydrogen-bond acceptors (Lipinski definition) is 2. The van der Waals surface area contributed by atoms with Gasteiger partial charge in [-0.15, -0.1) is 0 Å². The van der Waals surface area contributed by atoms with Crippen molar-refractivity contribution >= 4 is 15.9 Å². The van der Waals surface area contributed by atoms with Gasteiger partial charge in [0.15, 0.2) is 0 Å². The molecule has 1 aromatic carbocycles. The quantitative estimate of drug-likeness (QED) is 0.861.